The van der Waals surface area contributed by atoms with Gasteiger partial charge in [0.15, 0.2) is 0 Å². The molecule has 6 nitrogen and oxygen atoms in total. The van der Waals surface area contributed by atoms with Crippen LogP contribution in [0.1, 0.15) is 16.1 Å². The van der Waals surface area contributed by atoms with Crippen molar-refractivity contribution >= 4 is 39.1 Å². The Hall–Kier alpha value is -1.86. The molecule has 0 aliphatic rings. The summed E-state index contributed by atoms with van der Waals surface area (Å²) in [4.78, 5) is 38.5. The normalized spacial score (nSPS) is 10.3. The molecule has 0 spiro atoms. The molecule has 0 fully saturated rings. The number of amides is 1. The van der Waals surface area contributed by atoms with Crippen LogP contribution in [0.2, 0.25) is 5.02 Å². The number of anilines is 1. The van der Waals surface area contributed by atoms with Crippen LogP contribution in [0.3, 0.4) is 0 Å². The van der Waals surface area contributed by atoms with E-state index >= 15 is 0 Å². The molecule has 2 rings (SSSR count). The molecule has 2 aromatic rings. The van der Waals surface area contributed by atoms with Gasteiger partial charge in [-0.3, -0.25) is 14.6 Å². The smallest absolute Gasteiger partial charge is 0.320 e. The van der Waals surface area contributed by atoms with Crippen LogP contribution in [0.5, 0.6) is 0 Å². The fourth-order valence-electron chi connectivity index (χ4n) is 1.52. The van der Waals surface area contributed by atoms with Gasteiger partial charge in [0.25, 0.3) is 11.5 Å². The van der Waals surface area contributed by atoms with E-state index in [1.165, 1.54) is 0 Å². The molecule has 104 valence electrons. The van der Waals surface area contributed by atoms with Crippen molar-refractivity contribution < 1.29 is 4.79 Å². The molecule has 20 heavy (non-hydrogen) atoms. The lowest BCUT2D eigenvalue weighted by Crippen LogP contribution is -2.27. The largest absolute Gasteiger partial charge is 0.326 e. The zero-order valence-corrected chi connectivity index (χ0v) is 12.6. The number of carbonyl (C=O) groups is 1. The van der Waals surface area contributed by atoms with Crippen molar-refractivity contribution in [2.45, 2.75) is 6.92 Å². The van der Waals surface area contributed by atoms with Crippen LogP contribution in [-0.2, 0) is 0 Å². The fourth-order valence-corrected chi connectivity index (χ4v) is 2.24. The quantitative estimate of drug-likeness (QED) is 0.766. The topological polar surface area (TPSA) is 94.8 Å². The minimum atomic E-state index is -0.747. The summed E-state index contributed by atoms with van der Waals surface area (Å²) in [6, 6.07) is 4.32. The third kappa shape index (κ3) is 3.17. The number of nitrogens with one attached hydrogen (secondary N) is 3. The lowest BCUT2D eigenvalue weighted by molar-refractivity contribution is 0.102. The van der Waals surface area contributed by atoms with Crippen molar-refractivity contribution in [3.05, 3.63) is 59.8 Å². The first kappa shape index (κ1) is 14.5. The second kappa shape index (κ2) is 5.64. The summed E-state index contributed by atoms with van der Waals surface area (Å²) in [5, 5.41) is 3.04. The first-order valence-electron chi connectivity index (χ1n) is 5.47. The van der Waals surface area contributed by atoms with Gasteiger partial charge in [0, 0.05) is 15.6 Å². The molecular formula is C12H9BrClN3O3. The molecule has 0 bridgehead atoms. The molecule has 0 aliphatic heterocycles. The Morgan fingerprint density at radius 1 is 1.25 bits per heavy atom. The number of benzene rings is 1. The summed E-state index contributed by atoms with van der Waals surface area (Å²) < 4.78 is 0.639. The van der Waals surface area contributed by atoms with Gasteiger partial charge in [-0.15, -0.1) is 0 Å². The van der Waals surface area contributed by atoms with E-state index in [2.05, 4.69) is 26.2 Å². The molecule has 3 N–H and O–H groups in total. The van der Waals surface area contributed by atoms with Crippen LogP contribution in [0.25, 0.3) is 0 Å². The highest BCUT2D eigenvalue weighted by Crippen LogP contribution is 2.29. The molecule has 0 atom stereocenters. The lowest BCUT2D eigenvalue weighted by atomic mass is 10.2. The lowest BCUT2D eigenvalue weighted by Gasteiger charge is -2.09. The number of aromatic nitrogens is 2. The Balaban J connectivity index is 2.35. The van der Waals surface area contributed by atoms with Crippen LogP contribution < -0.4 is 16.6 Å². The van der Waals surface area contributed by atoms with Crippen molar-refractivity contribution in [3.8, 4) is 0 Å². The SMILES string of the molecule is Cc1cc(Br)c(NC(=O)c2cc(=O)[nH]c(=O)[nH]2)cc1Cl. The first-order chi connectivity index (χ1) is 9.36. The van der Waals surface area contributed by atoms with E-state index in [0.29, 0.717) is 15.2 Å². The number of aryl methyl sites for hydroxylation is 1. The minimum absolute atomic E-state index is 0.137. The third-order valence-corrected chi connectivity index (χ3v) is 3.56. The predicted molar refractivity (Wildman–Crippen MR) is 79.5 cm³/mol. The van der Waals surface area contributed by atoms with Gasteiger partial charge in [0.1, 0.15) is 5.69 Å². The van der Waals surface area contributed by atoms with E-state index in [-0.39, 0.29) is 5.69 Å². The second-order valence-corrected chi connectivity index (χ2v) is 5.30. The summed E-state index contributed by atoms with van der Waals surface area (Å²) in [6.45, 7) is 1.83. The highest BCUT2D eigenvalue weighted by Gasteiger charge is 2.11. The standard InChI is InChI=1S/C12H9BrClN3O3/c1-5-2-6(13)8(3-7(5)14)15-11(19)9-4-10(18)17-12(20)16-9/h2-4H,1H3,(H,15,19)(H2,16,17,18,20). The van der Waals surface area contributed by atoms with Gasteiger partial charge in [-0.05, 0) is 40.5 Å². The summed E-state index contributed by atoms with van der Waals surface area (Å²) in [6.07, 6.45) is 0. The molecule has 0 radical (unpaired) electrons. The molecule has 1 aromatic carbocycles. The highest BCUT2D eigenvalue weighted by molar-refractivity contribution is 9.10. The molecule has 0 saturated heterocycles. The van der Waals surface area contributed by atoms with E-state index in [0.717, 1.165) is 11.6 Å². The number of carbonyl (C=O) groups excluding carboxylic acids is 1. The Morgan fingerprint density at radius 3 is 2.60 bits per heavy atom. The average Bonchev–Trinajstić information content (AvgIpc) is 2.34. The fraction of sp³-hybridized carbons (Fsp3) is 0.0833. The third-order valence-electron chi connectivity index (χ3n) is 2.50. The number of aromatic amines is 2. The number of hydrogen-bond acceptors (Lipinski definition) is 3. The van der Waals surface area contributed by atoms with Crippen molar-refractivity contribution in [2.24, 2.45) is 0 Å². The highest BCUT2D eigenvalue weighted by atomic mass is 79.9. The number of hydrogen-bond donors (Lipinski definition) is 3. The maximum Gasteiger partial charge on any atom is 0.326 e. The number of halogens is 2. The number of rotatable bonds is 2. The van der Waals surface area contributed by atoms with Crippen LogP contribution in [0.4, 0.5) is 5.69 Å². The maximum absolute atomic E-state index is 12.0. The minimum Gasteiger partial charge on any atom is -0.320 e. The zero-order valence-electron chi connectivity index (χ0n) is 10.2. The molecule has 8 heteroatoms. The van der Waals surface area contributed by atoms with Gasteiger partial charge in [0.2, 0.25) is 0 Å². The molecule has 1 aromatic heterocycles. The molecular weight excluding hydrogens is 350 g/mol. The molecule has 1 heterocycles. The molecule has 0 unspecified atom stereocenters. The Morgan fingerprint density at radius 2 is 1.95 bits per heavy atom. The summed E-state index contributed by atoms with van der Waals surface area (Å²) in [5.74, 6) is -0.617. The van der Waals surface area contributed by atoms with E-state index in [4.69, 9.17) is 11.6 Å². The molecule has 0 saturated carbocycles. The van der Waals surface area contributed by atoms with Gasteiger partial charge in [-0.25, -0.2) is 4.79 Å². The Bertz CT molecular complexity index is 769. The monoisotopic (exact) mass is 357 g/mol. The molecule has 0 aliphatic carbocycles. The van der Waals surface area contributed by atoms with Crippen molar-refractivity contribution in [3.63, 3.8) is 0 Å². The summed E-state index contributed by atoms with van der Waals surface area (Å²) in [7, 11) is 0. The average molecular weight is 359 g/mol. The van der Waals surface area contributed by atoms with Gasteiger partial charge in [-0.1, -0.05) is 11.6 Å². The van der Waals surface area contributed by atoms with Gasteiger partial charge in [-0.2, -0.15) is 0 Å². The van der Waals surface area contributed by atoms with Crippen molar-refractivity contribution in [1.82, 2.24) is 9.97 Å². The summed E-state index contributed by atoms with van der Waals surface area (Å²) >= 11 is 9.28. The predicted octanol–water partition coefficient (Wildman–Crippen LogP) is 2.04. The van der Waals surface area contributed by atoms with Crippen LogP contribution in [0, 0.1) is 6.92 Å². The van der Waals surface area contributed by atoms with Gasteiger partial charge >= 0.3 is 5.69 Å². The first-order valence-corrected chi connectivity index (χ1v) is 6.64. The van der Waals surface area contributed by atoms with Gasteiger partial charge in [0.05, 0.1) is 5.69 Å². The molecule has 1 amide bonds. The van der Waals surface area contributed by atoms with Crippen LogP contribution >= 0.6 is 27.5 Å². The zero-order chi connectivity index (χ0) is 14.9. The van der Waals surface area contributed by atoms with E-state index < -0.39 is 17.2 Å². The van der Waals surface area contributed by atoms with Crippen molar-refractivity contribution in [1.29, 1.82) is 0 Å². The Kier molecular flexibility index (Phi) is 4.10. The van der Waals surface area contributed by atoms with Crippen LogP contribution in [-0.4, -0.2) is 15.9 Å². The second-order valence-electron chi connectivity index (χ2n) is 4.04. The van der Waals surface area contributed by atoms with E-state index in [1.807, 2.05) is 11.9 Å². The van der Waals surface area contributed by atoms with E-state index in [1.54, 1.807) is 12.1 Å². The Labute approximate surface area is 126 Å². The summed E-state index contributed by atoms with van der Waals surface area (Å²) in [5.41, 5.74) is -0.251. The van der Waals surface area contributed by atoms with Gasteiger partial charge < -0.3 is 10.3 Å². The van der Waals surface area contributed by atoms with Crippen molar-refractivity contribution in [2.75, 3.05) is 5.32 Å². The number of H-pyrrole nitrogens is 2. The van der Waals surface area contributed by atoms with E-state index in [9.17, 15) is 14.4 Å². The maximum atomic E-state index is 12.0. The van der Waals surface area contributed by atoms with Crippen LogP contribution in [0.15, 0.2) is 32.3 Å².